The van der Waals surface area contributed by atoms with Gasteiger partial charge in [0.25, 0.3) is 0 Å². The Bertz CT molecular complexity index is 697. The van der Waals surface area contributed by atoms with Crippen LogP contribution in [0.5, 0.6) is 0 Å². The molecule has 0 unspecified atom stereocenters. The van der Waals surface area contributed by atoms with Crippen LogP contribution >= 0.6 is 0 Å². The first-order valence-corrected chi connectivity index (χ1v) is 7.30. The van der Waals surface area contributed by atoms with Gasteiger partial charge in [-0.05, 0) is 12.1 Å². The summed E-state index contributed by atoms with van der Waals surface area (Å²) in [5.74, 6) is 0. The van der Waals surface area contributed by atoms with Crippen molar-refractivity contribution >= 4 is 6.21 Å². The summed E-state index contributed by atoms with van der Waals surface area (Å²) in [5, 5.41) is 12.8. The fourth-order valence-corrected chi connectivity index (χ4v) is 2.52. The van der Waals surface area contributed by atoms with Crippen molar-refractivity contribution in [2.75, 3.05) is 0 Å². The third kappa shape index (κ3) is 3.23. The summed E-state index contributed by atoms with van der Waals surface area (Å²) < 4.78 is 1.03. The third-order valence-electron chi connectivity index (χ3n) is 3.56. The molecule has 0 aliphatic heterocycles. The van der Waals surface area contributed by atoms with Crippen molar-refractivity contribution < 1.29 is 4.74 Å². The van der Waals surface area contributed by atoms with Crippen molar-refractivity contribution in [2.45, 2.75) is 6.04 Å². The lowest BCUT2D eigenvalue weighted by Gasteiger charge is -2.18. The zero-order valence-corrected chi connectivity index (χ0v) is 12.2. The van der Waals surface area contributed by atoms with Crippen LogP contribution in [-0.2, 0) is 0 Å². The van der Waals surface area contributed by atoms with Crippen LogP contribution < -0.4 is 0 Å². The van der Waals surface area contributed by atoms with E-state index in [9.17, 15) is 5.21 Å². The Balaban J connectivity index is 2.04. The average molecular weight is 287 g/mol. The Labute approximate surface area is 130 Å². The van der Waals surface area contributed by atoms with Crippen molar-refractivity contribution in [2.24, 2.45) is 0 Å². The minimum Gasteiger partial charge on any atom is -0.623 e. The molecule has 0 N–H and O–H groups in total. The summed E-state index contributed by atoms with van der Waals surface area (Å²) in [6.45, 7) is 0. The van der Waals surface area contributed by atoms with Crippen molar-refractivity contribution in [1.82, 2.24) is 0 Å². The van der Waals surface area contributed by atoms with Crippen LogP contribution in [-0.4, -0.2) is 11.0 Å². The highest BCUT2D eigenvalue weighted by atomic mass is 16.5. The van der Waals surface area contributed by atoms with Gasteiger partial charge in [-0.1, -0.05) is 78.9 Å². The maximum Gasteiger partial charge on any atom is 0.213 e. The van der Waals surface area contributed by atoms with Gasteiger partial charge >= 0.3 is 0 Å². The van der Waals surface area contributed by atoms with E-state index in [4.69, 9.17) is 0 Å². The summed E-state index contributed by atoms with van der Waals surface area (Å²) in [6, 6.07) is 29.0. The molecule has 0 atom stereocenters. The molecule has 3 aromatic rings. The summed E-state index contributed by atoms with van der Waals surface area (Å²) in [5.41, 5.74) is 2.86. The first-order chi connectivity index (χ1) is 10.8. The van der Waals surface area contributed by atoms with Crippen LogP contribution in [0.25, 0.3) is 0 Å². The molecule has 0 radical (unpaired) electrons. The average Bonchev–Trinajstić information content (AvgIpc) is 2.58. The Kier molecular flexibility index (Phi) is 4.30. The Morgan fingerprint density at radius 3 is 1.50 bits per heavy atom. The summed E-state index contributed by atoms with van der Waals surface area (Å²) in [6.07, 6.45) is 1.64. The van der Waals surface area contributed by atoms with Gasteiger partial charge in [0.05, 0.1) is 0 Å². The number of hydroxylamine groups is 1. The van der Waals surface area contributed by atoms with E-state index in [0.717, 1.165) is 21.4 Å². The van der Waals surface area contributed by atoms with Crippen LogP contribution in [0, 0.1) is 5.21 Å². The van der Waals surface area contributed by atoms with Crippen LogP contribution in [0.3, 0.4) is 0 Å². The molecular formula is C20H17NO. The van der Waals surface area contributed by atoms with Crippen molar-refractivity contribution in [3.05, 3.63) is 113 Å². The van der Waals surface area contributed by atoms with Gasteiger partial charge < -0.3 is 5.21 Å². The molecule has 108 valence electrons. The van der Waals surface area contributed by atoms with Crippen molar-refractivity contribution in [1.29, 1.82) is 0 Å². The lowest BCUT2D eigenvalue weighted by molar-refractivity contribution is -0.490. The fraction of sp³-hybridized carbons (Fsp3) is 0.0500. The maximum atomic E-state index is 12.8. The molecule has 2 nitrogen and oxygen atoms in total. The van der Waals surface area contributed by atoms with Crippen LogP contribution in [0.2, 0.25) is 0 Å². The zero-order valence-electron chi connectivity index (χ0n) is 12.2. The smallest absolute Gasteiger partial charge is 0.213 e. The second kappa shape index (κ2) is 6.72. The number of hydrogen-bond donors (Lipinski definition) is 0. The predicted molar refractivity (Wildman–Crippen MR) is 90.0 cm³/mol. The van der Waals surface area contributed by atoms with E-state index in [2.05, 4.69) is 0 Å². The van der Waals surface area contributed by atoms with Gasteiger partial charge in [0.15, 0.2) is 6.21 Å². The standard InChI is InChI=1S/C20H17NO/c22-21(16-17-10-4-1-5-11-17)20(18-12-6-2-7-13-18)19-14-8-3-9-15-19/h1-16,20H/b21-16-. The molecule has 0 saturated carbocycles. The number of hydrogen-bond acceptors (Lipinski definition) is 1. The molecular weight excluding hydrogens is 270 g/mol. The van der Waals surface area contributed by atoms with Gasteiger partial charge in [-0.3, -0.25) is 0 Å². The van der Waals surface area contributed by atoms with E-state index in [0.29, 0.717) is 0 Å². The highest BCUT2D eigenvalue weighted by molar-refractivity contribution is 5.75. The number of rotatable bonds is 4. The molecule has 0 aliphatic rings. The zero-order chi connectivity index (χ0) is 15.2. The second-order valence-corrected chi connectivity index (χ2v) is 5.12. The molecule has 0 amide bonds. The first kappa shape index (κ1) is 14.1. The quantitative estimate of drug-likeness (QED) is 0.302. The third-order valence-corrected chi connectivity index (χ3v) is 3.56. The Morgan fingerprint density at radius 2 is 1.05 bits per heavy atom. The minimum atomic E-state index is -0.345. The Morgan fingerprint density at radius 1 is 0.636 bits per heavy atom. The SMILES string of the molecule is [O-]/[N+](=C\c1ccccc1)C(c1ccccc1)c1ccccc1. The van der Waals surface area contributed by atoms with Gasteiger partial charge in [0, 0.05) is 16.7 Å². The van der Waals surface area contributed by atoms with E-state index in [1.807, 2.05) is 91.0 Å². The predicted octanol–water partition coefficient (Wildman–Crippen LogP) is 4.41. The largest absolute Gasteiger partial charge is 0.623 e. The van der Waals surface area contributed by atoms with Crippen molar-refractivity contribution in [3.63, 3.8) is 0 Å². The van der Waals surface area contributed by atoms with Crippen LogP contribution in [0.1, 0.15) is 22.7 Å². The molecule has 3 aromatic carbocycles. The summed E-state index contributed by atoms with van der Waals surface area (Å²) in [4.78, 5) is 0. The maximum absolute atomic E-state index is 12.8. The van der Waals surface area contributed by atoms with E-state index in [-0.39, 0.29) is 6.04 Å². The number of benzene rings is 3. The van der Waals surface area contributed by atoms with E-state index in [1.165, 1.54) is 0 Å². The second-order valence-electron chi connectivity index (χ2n) is 5.12. The molecule has 0 saturated heterocycles. The van der Waals surface area contributed by atoms with Gasteiger partial charge in [-0.25, -0.2) is 0 Å². The van der Waals surface area contributed by atoms with Crippen molar-refractivity contribution in [3.8, 4) is 0 Å². The minimum absolute atomic E-state index is 0.345. The lowest BCUT2D eigenvalue weighted by atomic mass is 9.99. The molecule has 0 aliphatic carbocycles. The normalized spacial score (nSPS) is 11.6. The molecule has 22 heavy (non-hydrogen) atoms. The topological polar surface area (TPSA) is 26.1 Å². The molecule has 3 rings (SSSR count). The van der Waals surface area contributed by atoms with Crippen LogP contribution in [0.4, 0.5) is 0 Å². The van der Waals surface area contributed by atoms with Gasteiger partial charge in [0.1, 0.15) is 0 Å². The summed E-state index contributed by atoms with van der Waals surface area (Å²) in [7, 11) is 0. The van der Waals surface area contributed by atoms with E-state index >= 15 is 0 Å². The molecule has 2 heteroatoms. The van der Waals surface area contributed by atoms with E-state index < -0.39 is 0 Å². The molecule has 0 fully saturated rings. The Hall–Kier alpha value is -2.87. The highest BCUT2D eigenvalue weighted by Crippen LogP contribution is 2.25. The monoisotopic (exact) mass is 287 g/mol. The number of nitrogens with zero attached hydrogens (tertiary/aromatic N) is 1. The van der Waals surface area contributed by atoms with Gasteiger partial charge in [0.2, 0.25) is 6.04 Å². The molecule has 0 bridgehead atoms. The van der Waals surface area contributed by atoms with Crippen LogP contribution in [0.15, 0.2) is 91.0 Å². The highest BCUT2D eigenvalue weighted by Gasteiger charge is 2.21. The lowest BCUT2D eigenvalue weighted by Crippen LogP contribution is -2.16. The molecule has 0 heterocycles. The molecule has 0 aromatic heterocycles. The van der Waals surface area contributed by atoms with Gasteiger partial charge in [-0.15, -0.1) is 0 Å². The summed E-state index contributed by atoms with van der Waals surface area (Å²) >= 11 is 0. The van der Waals surface area contributed by atoms with Gasteiger partial charge in [-0.2, -0.15) is 4.74 Å². The van der Waals surface area contributed by atoms with E-state index in [1.54, 1.807) is 6.21 Å². The fourth-order valence-electron chi connectivity index (χ4n) is 2.52. The molecule has 0 spiro atoms. The first-order valence-electron chi connectivity index (χ1n) is 7.30.